The van der Waals surface area contributed by atoms with E-state index < -0.39 is 5.60 Å². The summed E-state index contributed by atoms with van der Waals surface area (Å²) < 4.78 is 3.31. The number of halogens is 1. The van der Waals surface area contributed by atoms with Crippen molar-refractivity contribution in [2.75, 3.05) is 23.3 Å². The summed E-state index contributed by atoms with van der Waals surface area (Å²) in [5.74, 6) is 1.22. The van der Waals surface area contributed by atoms with Gasteiger partial charge in [0.15, 0.2) is 5.82 Å². The number of piperidine rings is 1. The molecule has 3 aromatic rings. The molecule has 166 valence electrons. The van der Waals surface area contributed by atoms with Gasteiger partial charge in [0.25, 0.3) is 0 Å². The third-order valence-corrected chi connectivity index (χ3v) is 6.00. The predicted molar refractivity (Wildman–Crippen MR) is 124 cm³/mol. The van der Waals surface area contributed by atoms with Gasteiger partial charge in [-0.25, -0.2) is 9.78 Å². The highest BCUT2D eigenvalue weighted by Gasteiger charge is 2.18. The summed E-state index contributed by atoms with van der Waals surface area (Å²) in [4.78, 5) is 24.0. The molecule has 1 aliphatic rings. The zero-order valence-electron chi connectivity index (χ0n) is 18.2. The highest BCUT2D eigenvalue weighted by Crippen LogP contribution is 2.28. The number of fused-ring (bicyclic) bond motifs is 1. The van der Waals surface area contributed by atoms with E-state index >= 15 is 0 Å². The van der Waals surface area contributed by atoms with Gasteiger partial charge in [-0.05, 0) is 57.7 Å². The van der Waals surface area contributed by atoms with Crippen LogP contribution in [0.25, 0.3) is 11.0 Å². The van der Waals surface area contributed by atoms with Gasteiger partial charge in [-0.15, -0.1) is 0 Å². The summed E-state index contributed by atoms with van der Waals surface area (Å²) in [6.45, 7) is 5.81. The molecule has 1 fully saturated rings. The van der Waals surface area contributed by atoms with Crippen LogP contribution in [0.3, 0.4) is 0 Å². The number of benzene rings is 1. The van der Waals surface area contributed by atoms with E-state index in [0.717, 1.165) is 42.7 Å². The number of aliphatic hydroxyl groups is 1. The number of nitrogens with zero attached hydrogens (tertiary/aromatic N) is 5. The van der Waals surface area contributed by atoms with Crippen molar-refractivity contribution in [1.82, 2.24) is 19.1 Å². The fourth-order valence-corrected chi connectivity index (χ4v) is 4.06. The molecule has 2 N–H and O–H groups in total. The standard InChI is InChI=1S/C22H29ClN6O2/c1-22(2,31)9-12-29-18-13-15(7-8-17(18)27(3)21(29)30)25-19-16(23)14-24-20(26-19)28-10-5-4-6-11-28/h7-8,13-14,31H,4-6,9-12H2,1-3H3,(H,24,25,26). The molecular weight excluding hydrogens is 416 g/mol. The van der Waals surface area contributed by atoms with Crippen molar-refractivity contribution in [3.63, 3.8) is 0 Å². The molecule has 3 heterocycles. The normalized spacial score (nSPS) is 14.9. The first-order chi connectivity index (χ1) is 14.7. The van der Waals surface area contributed by atoms with E-state index in [1.807, 2.05) is 18.2 Å². The van der Waals surface area contributed by atoms with Crippen molar-refractivity contribution >= 4 is 40.1 Å². The van der Waals surface area contributed by atoms with Gasteiger partial charge in [0.2, 0.25) is 5.95 Å². The molecule has 2 aromatic heterocycles. The van der Waals surface area contributed by atoms with E-state index in [1.165, 1.54) is 6.42 Å². The van der Waals surface area contributed by atoms with Crippen molar-refractivity contribution in [2.24, 2.45) is 7.05 Å². The Labute approximate surface area is 186 Å². The van der Waals surface area contributed by atoms with Crippen LogP contribution in [0, 0.1) is 0 Å². The lowest BCUT2D eigenvalue weighted by atomic mass is 10.1. The molecule has 0 radical (unpaired) electrons. The maximum atomic E-state index is 12.7. The number of hydrogen-bond donors (Lipinski definition) is 2. The summed E-state index contributed by atoms with van der Waals surface area (Å²) in [5, 5.41) is 13.8. The molecule has 0 unspecified atom stereocenters. The number of aromatic nitrogens is 4. The second-order valence-electron chi connectivity index (χ2n) is 8.80. The van der Waals surface area contributed by atoms with Gasteiger partial charge < -0.3 is 15.3 Å². The minimum atomic E-state index is -0.850. The highest BCUT2D eigenvalue weighted by molar-refractivity contribution is 6.32. The van der Waals surface area contributed by atoms with Crippen LogP contribution in [0.2, 0.25) is 5.02 Å². The number of aryl methyl sites for hydroxylation is 2. The average Bonchev–Trinajstić information content (AvgIpc) is 2.98. The van der Waals surface area contributed by atoms with Crippen LogP contribution in [0.5, 0.6) is 0 Å². The zero-order valence-corrected chi connectivity index (χ0v) is 19.0. The van der Waals surface area contributed by atoms with Crippen LogP contribution in [0.1, 0.15) is 39.5 Å². The third-order valence-electron chi connectivity index (χ3n) is 5.73. The van der Waals surface area contributed by atoms with E-state index in [2.05, 4.69) is 20.2 Å². The number of anilines is 3. The van der Waals surface area contributed by atoms with Gasteiger partial charge in [-0.2, -0.15) is 4.98 Å². The van der Waals surface area contributed by atoms with Crippen molar-refractivity contribution in [3.8, 4) is 0 Å². The average molecular weight is 445 g/mol. The first kappa shape index (κ1) is 21.6. The summed E-state index contributed by atoms with van der Waals surface area (Å²) in [6.07, 6.45) is 5.62. The molecule has 4 rings (SSSR count). The van der Waals surface area contributed by atoms with Crippen LogP contribution < -0.4 is 15.9 Å². The topological polar surface area (TPSA) is 88.2 Å². The van der Waals surface area contributed by atoms with Crippen molar-refractivity contribution in [1.29, 1.82) is 0 Å². The second kappa shape index (κ2) is 8.51. The minimum absolute atomic E-state index is 0.108. The summed E-state index contributed by atoms with van der Waals surface area (Å²) in [6, 6.07) is 5.72. The van der Waals surface area contributed by atoms with E-state index in [0.29, 0.717) is 29.8 Å². The predicted octanol–water partition coefficient (Wildman–Crippen LogP) is 3.68. The largest absolute Gasteiger partial charge is 0.390 e. The maximum absolute atomic E-state index is 12.7. The van der Waals surface area contributed by atoms with Gasteiger partial charge in [0.1, 0.15) is 5.02 Å². The van der Waals surface area contributed by atoms with Gasteiger partial charge in [-0.3, -0.25) is 9.13 Å². The lowest BCUT2D eigenvalue weighted by Gasteiger charge is -2.26. The Morgan fingerprint density at radius 3 is 2.65 bits per heavy atom. The van der Waals surface area contributed by atoms with Crippen LogP contribution in [-0.2, 0) is 13.6 Å². The molecule has 0 atom stereocenters. The Kier molecular flexibility index (Phi) is 5.94. The highest BCUT2D eigenvalue weighted by atomic mass is 35.5. The van der Waals surface area contributed by atoms with Crippen molar-refractivity contribution < 1.29 is 5.11 Å². The molecule has 0 saturated carbocycles. The smallest absolute Gasteiger partial charge is 0.328 e. The number of nitrogens with one attached hydrogen (secondary N) is 1. The van der Waals surface area contributed by atoms with Crippen molar-refractivity contribution in [2.45, 2.75) is 51.7 Å². The Bertz CT molecular complexity index is 1140. The third kappa shape index (κ3) is 4.70. The molecule has 0 aliphatic carbocycles. The summed E-state index contributed by atoms with van der Waals surface area (Å²) >= 11 is 6.37. The monoisotopic (exact) mass is 444 g/mol. The van der Waals surface area contributed by atoms with E-state index in [9.17, 15) is 9.90 Å². The quantitative estimate of drug-likeness (QED) is 0.603. The van der Waals surface area contributed by atoms with Crippen molar-refractivity contribution in [3.05, 3.63) is 39.9 Å². The van der Waals surface area contributed by atoms with E-state index in [4.69, 9.17) is 11.6 Å². The maximum Gasteiger partial charge on any atom is 0.328 e. The number of rotatable bonds is 6. The number of imidazole rings is 1. The SMILES string of the molecule is Cn1c(=O)n(CCC(C)(C)O)c2cc(Nc3nc(N4CCCCC4)ncc3Cl)ccc21. The van der Waals surface area contributed by atoms with Gasteiger partial charge >= 0.3 is 5.69 Å². The van der Waals surface area contributed by atoms with Crippen LogP contribution >= 0.6 is 11.6 Å². The molecule has 1 saturated heterocycles. The molecule has 0 bridgehead atoms. The summed E-state index contributed by atoms with van der Waals surface area (Å²) in [7, 11) is 1.75. The van der Waals surface area contributed by atoms with Gasteiger partial charge in [0, 0.05) is 32.4 Å². The van der Waals surface area contributed by atoms with Gasteiger partial charge in [-0.1, -0.05) is 11.6 Å². The van der Waals surface area contributed by atoms with Crippen LogP contribution in [-0.4, -0.2) is 42.9 Å². The Morgan fingerprint density at radius 2 is 1.94 bits per heavy atom. The Balaban J connectivity index is 1.65. The lowest BCUT2D eigenvalue weighted by molar-refractivity contribution is 0.0662. The first-order valence-electron chi connectivity index (χ1n) is 10.7. The van der Waals surface area contributed by atoms with Gasteiger partial charge in [0.05, 0.1) is 22.8 Å². The second-order valence-corrected chi connectivity index (χ2v) is 9.21. The molecule has 0 amide bonds. The molecule has 8 nitrogen and oxygen atoms in total. The summed E-state index contributed by atoms with van der Waals surface area (Å²) in [5.41, 5.74) is 1.44. The Morgan fingerprint density at radius 1 is 1.19 bits per heavy atom. The van der Waals surface area contributed by atoms with Crippen LogP contribution in [0.15, 0.2) is 29.2 Å². The molecule has 0 spiro atoms. The molecule has 9 heteroatoms. The fraction of sp³-hybridized carbons (Fsp3) is 0.500. The molecular formula is C22H29ClN6O2. The van der Waals surface area contributed by atoms with E-state index in [-0.39, 0.29) is 5.69 Å². The molecule has 31 heavy (non-hydrogen) atoms. The lowest BCUT2D eigenvalue weighted by Crippen LogP contribution is -2.31. The van der Waals surface area contributed by atoms with E-state index in [1.54, 1.807) is 36.2 Å². The van der Waals surface area contributed by atoms with Crippen LogP contribution in [0.4, 0.5) is 17.5 Å². The fourth-order valence-electron chi connectivity index (χ4n) is 3.92. The molecule has 1 aliphatic heterocycles. The zero-order chi connectivity index (χ0) is 22.2. The number of hydrogen-bond acceptors (Lipinski definition) is 6. The molecule has 1 aromatic carbocycles. The minimum Gasteiger partial charge on any atom is -0.390 e. The first-order valence-corrected chi connectivity index (χ1v) is 11.1. The Hall–Kier alpha value is -2.58.